The van der Waals surface area contributed by atoms with Crippen LogP contribution in [0.2, 0.25) is 0 Å². The van der Waals surface area contributed by atoms with Gasteiger partial charge in [0.05, 0.1) is 28.1 Å². The zero-order valence-electron chi connectivity index (χ0n) is 14.8. The van der Waals surface area contributed by atoms with Gasteiger partial charge in [-0.1, -0.05) is 42.5 Å². The van der Waals surface area contributed by atoms with E-state index in [1.165, 1.54) is 6.07 Å². The number of aromatic nitrogens is 2. The van der Waals surface area contributed by atoms with Crippen LogP contribution in [0, 0.1) is 10.1 Å². The molecule has 0 radical (unpaired) electrons. The number of nitrogens with zero attached hydrogens (tertiary/aromatic N) is 2. The van der Waals surface area contributed by atoms with Gasteiger partial charge in [-0.05, 0) is 24.3 Å². The van der Waals surface area contributed by atoms with Gasteiger partial charge in [-0.2, -0.15) is 0 Å². The first-order valence-electron chi connectivity index (χ1n) is 8.68. The molecule has 0 bridgehead atoms. The molecule has 2 N–H and O–H groups in total. The highest BCUT2D eigenvalue weighted by Crippen LogP contribution is 2.28. The highest BCUT2D eigenvalue weighted by atomic mass is 16.6. The predicted molar refractivity (Wildman–Crippen MR) is 107 cm³/mol. The molecule has 4 aromatic rings. The molecule has 3 aromatic carbocycles. The van der Waals surface area contributed by atoms with Gasteiger partial charge in [-0.3, -0.25) is 14.9 Å². The third-order valence-corrected chi connectivity index (χ3v) is 4.38. The lowest BCUT2D eigenvalue weighted by atomic mass is 10.1. The average Bonchev–Trinajstić information content (AvgIpc) is 3.12. The molecule has 7 nitrogen and oxygen atoms in total. The minimum absolute atomic E-state index is 0.0665. The Labute approximate surface area is 160 Å². The van der Waals surface area contributed by atoms with E-state index in [4.69, 9.17) is 0 Å². The minimum atomic E-state index is -0.481. The Morgan fingerprint density at radius 2 is 1.71 bits per heavy atom. The highest BCUT2D eigenvalue weighted by Gasteiger charge is 2.17. The summed E-state index contributed by atoms with van der Waals surface area (Å²) in [6.45, 7) is 0. The maximum Gasteiger partial charge on any atom is 0.273 e. The standard InChI is InChI=1S/C21H16N4O3/c26-20(13-14-7-1-6-12-19(14)25(27)28)22-16-9-3-2-8-15(16)21-23-17-10-4-5-11-18(17)24-21/h1-12H,13H2,(H,22,26)(H,23,24). The van der Waals surface area contributed by atoms with Crippen molar-refractivity contribution < 1.29 is 9.72 Å². The van der Waals surface area contributed by atoms with Crippen LogP contribution in [0.4, 0.5) is 11.4 Å². The number of H-pyrrole nitrogens is 1. The largest absolute Gasteiger partial charge is 0.338 e. The molecule has 0 aliphatic heterocycles. The van der Waals surface area contributed by atoms with E-state index in [9.17, 15) is 14.9 Å². The van der Waals surface area contributed by atoms with Crippen molar-refractivity contribution in [3.8, 4) is 11.4 Å². The van der Waals surface area contributed by atoms with Gasteiger partial charge >= 0.3 is 0 Å². The zero-order valence-corrected chi connectivity index (χ0v) is 14.8. The lowest BCUT2D eigenvalue weighted by molar-refractivity contribution is -0.385. The van der Waals surface area contributed by atoms with E-state index in [-0.39, 0.29) is 18.0 Å². The number of fused-ring (bicyclic) bond motifs is 1. The lowest BCUT2D eigenvalue weighted by Gasteiger charge is -2.09. The van der Waals surface area contributed by atoms with Crippen molar-refractivity contribution in [2.24, 2.45) is 0 Å². The second kappa shape index (κ2) is 7.32. The molecule has 1 aromatic heterocycles. The van der Waals surface area contributed by atoms with Gasteiger partial charge in [-0.15, -0.1) is 0 Å². The van der Waals surface area contributed by atoms with Gasteiger partial charge in [0.2, 0.25) is 5.91 Å². The van der Waals surface area contributed by atoms with Gasteiger partial charge < -0.3 is 10.3 Å². The molecule has 0 aliphatic carbocycles. The van der Waals surface area contributed by atoms with E-state index in [0.29, 0.717) is 17.1 Å². The second-order valence-electron chi connectivity index (χ2n) is 6.26. The number of anilines is 1. The molecule has 0 saturated carbocycles. The van der Waals surface area contributed by atoms with Crippen molar-refractivity contribution in [1.29, 1.82) is 0 Å². The Morgan fingerprint density at radius 3 is 2.54 bits per heavy atom. The number of para-hydroxylation sites is 4. The Hall–Kier alpha value is -4.00. The number of amides is 1. The first-order chi connectivity index (χ1) is 13.6. The van der Waals surface area contributed by atoms with Crippen LogP contribution in [-0.2, 0) is 11.2 Å². The monoisotopic (exact) mass is 372 g/mol. The number of nitrogens with one attached hydrogen (secondary N) is 2. The summed E-state index contributed by atoms with van der Waals surface area (Å²) in [4.78, 5) is 31.0. The molecular weight excluding hydrogens is 356 g/mol. The third-order valence-electron chi connectivity index (χ3n) is 4.38. The summed E-state index contributed by atoms with van der Waals surface area (Å²) in [5.41, 5.74) is 3.37. The molecule has 0 spiro atoms. The first kappa shape index (κ1) is 17.4. The van der Waals surface area contributed by atoms with Crippen molar-refractivity contribution >= 4 is 28.3 Å². The van der Waals surface area contributed by atoms with Gasteiger partial charge in [-0.25, -0.2) is 4.98 Å². The number of carbonyl (C=O) groups excluding carboxylic acids is 1. The number of carbonyl (C=O) groups is 1. The fourth-order valence-electron chi connectivity index (χ4n) is 3.08. The van der Waals surface area contributed by atoms with Gasteiger partial charge in [0.15, 0.2) is 0 Å². The molecule has 1 amide bonds. The molecule has 28 heavy (non-hydrogen) atoms. The van der Waals surface area contributed by atoms with E-state index < -0.39 is 4.92 Å². The maximum absolute atomic E-state index is 12.5. The van der Waals surface area contributed by atoms with Gasteiger partial charge in [0.25, 0.3) is 5.69 Å². The Kier molecular flexibility index (Phi) is 4.55. The van der Waals surface area contributed by atoms with Gasteiger partial charge in [0, 0.05) is 17.2 Å². The lowest BCUT2D eigenvalue weighted by Crippen LogP contribution is -2.16. The minimum Gasteiger partial charge on any atom is -0.338 e. The molecule has 0 unspecified atom stereocenters. The molecule has 0 fully saturated rings. The molecule has 1 heterocycles. The van der Waals surface area contributed by atoms with E-state index in [0.717, 1.165) is 16.6 Å². The summed E-state index contributed by atoms with van der Waals surface area (Å²) in [5.74, 6) is 0.306. The van der Waals surface area contributed by atoms with Crippen molar-refractivity contribution in [1.82, 2.24) is 9.97 Å². The Balaban J connectivity index is 1.61. The number of hydrogen-bond donors (Lipinski definition) is 2. The van der Waals surface area contributed by atoms with E-state index in [1.807, 2.05) is 42.5 Å². The molecule has 7 heteroatoms. The average molecular weight is 372 g/mol. The van der Waals surface area contributed by atoms with Gasteiger partial charge in [0.1, 0.15) is 5.82 Å². The van der Waals surface area contributed by atoms with E-state index >= 15 is 0 Å². The number of hydrogen-bond acceptors (Lipinski definition) is 4. The number of aromatic amines is 1. The maximum atomic E-state index is 12.5. The van der Waals surface area contributed by atoms with E-state index in [1.54, 1.807) is 24.3 Å². The van der Waals surface area contributed by atoms with Crippen LogP contribution in [0.5, 0.6) is 0 Å². The fourth-order valence-corrected chi connectivity index (χ4v) is 3.08. The number of imidazole rings is 1. The van der Waals surface area contributed by atoms with Crippen molar-refractivity contribution in [2.75, 3.05) is 5.32 Å². The third kappa shape index (κ3) is 3.45. The molecular formula is C21H16N4O3. The summed E-state index contributed by atoms with van der Waals surface area (Å²) < 4.78 is 0. The van der Waals surface area contributed by atoms with Crippen LogP contribution < -0.4 is 5.32 Å². The fraction of sp³-hybridized carbons (Fsp3) is 0.0476. The highest BCUT2D eigenvalue weighted by molar-refractivity contribution is 5.96. The van der Waals surface area contributed by atoms with Crippen LogP contribution in [-0.4, -0.2) is 20.8 Å². The molecule has 4 rings (SSSR count). The molecule has 0 aliphatic rings. The topological polar surface area (TPSA) is 101 Å². The molecule has 0 saturated heterocycles. The summed E-state index contributed by atoms with van der Waals surface area (Å²) in [7, 11) is 0. The van der Waals surface area contributed by atoms with Crippen LogP contribution in [0.15, 0.2) is 72.8 Å². The second-order valence-corrected chi connectivity index (χ2v) is 6.26. The van der Waals surface area contributed by atoms with Crippen molar-refractivity contribution in [3.63, 3.8) is 0 Å². The SMILES string of the molecule is O=C(Cc1ccccc1[N+](=O)[O-])Nc1ccccc1-c1nc2ccccc2[nH]1. The van der Waals surface area contributed by atoms with Crippen LogP contribution in [0.1, 0.15) is 5.56 Å². The summed E-state index contributed by atoms with van der Waals surface area (Å²) in [6, 6.07) is 21.2. The predicted octanol–water partition coefficient (Wildman–Crippen LogP) is 4.32. The summed E-state index contributed by atoms with van der Waals surface area (Å²) >= 11 is 0. The van der Waals surface area contributed by atoms with Crippen LogP contribution in [0.3, 0.4) is 0 Å². The van der Waals surface area contributed by atoms with Crippen LogP contribution in [0.25, 0.3) is 22.4 Å². The summed E-state index contributed by atoms with van der Waals surface area (Å²) in [5, 5.41) is 14.0. The van der Waals surface area contributed by atoms with E-state index in [2.05, 4.69) is 15.3 Å². The van der Waals surface area contributed by atoms with Crippen LogP contribution >= 0.6 is 0 Å². The molecule has 0 atom stereocenters. The quantitative estimate of drug-likeness (QED) is 0.402. The Morgan fingerprint density at radius 1 is 1.00 bits per heavy atom. The Bertz CT molecular complexity index is 1150. The van der Waals surface area contributed by atoms with Crippen molar-refractivity contribution in [3.05, 3.63) is 88.5 Å². The normalized spacial score (nSPS) is 10.7. The first-order valence-corrected chi connectivity index (χ1v) is 8.68. The number of nitro benzene ring substituents is 1. The number of benzene rings is 3. The number of nitro groups is 1. The van der Waals surface area contributed by atoms with Crippen molar-refractivity contribution in [2.45, 2.75) is 6.42 Å². The zero-order chi connectivity index (χ0) is 19.5. The number of rotatable bonds is 5. The smallest absolute Gasteiger partial charge is 0.273 e. The molecule has 138 valence electrons. The summed E-state index contributed by atoms with van der Waals surface area (Å²) in [6.07, 6.45) is -0.0916.